The van der Waals surface area contributed by atoms with Gasteiger partial charge in [0.1, 0.15) is 53.6 Å². The quantitative estimate of drug-likeness (QED) is 0.0705. The molecule has 7 N–H and O–H groups in total. The van der Waals surface area contributed by atoms with Crippen LogP contribution in [-0.2, 0) is 27.7 Å². The maximum absolute atomic E-state index is 13.0. The number of aliphatic hydroxyl groups is 2. The van der Waals surface area contributed by atoms with E-state index in [9.17, 15) is 33.9 Å². The number of aromatic nitrogens is 8. The Bertz CT molecular complexity index is 1890. The molecule has 23 heteroatoms. The number of fused-ring (bicyclic) bond motifs is 2. The molecular weight excluding hydrogens is 660 g/mol. The van der Waals surface area contributed by atoms with Crippen LogP contribution in [0, 0.1) is 0 Å². The molecule has 2 saturated heterocycles. The summed E-state index contributed by atoms with van der Waals surface area (Å²) in [5.74, 6) is 0.785. The van der Waals surface area contributed by atoms with Crippen molar-refractivity contribution in [3.8, 4) is 0 Å². The number of imidazole rings is 2. The SMILES string of the molecule is CSc1ncnc2c1ncn2[C@@H]1O[C@H](COP(=O)(O)O[C@H]2C[C@H](n3cnc4c(=O)[nH]c(N)nc43)OC2/C=C\[PH](=O)O)[C@@H](O)[C@H]1O. The van der Waals surface area contributed by atoms with Crippen LogP contribution in [0.15, 0.2) is 40.7 Å². The molecule has 242 valence electrons. The van der Waals surface area contributed by atoms with Crippen LogP contribution in [0.5, 0.6) is 0 Å². The molecule has 0 spiro atoms. The number of nitrogens with zero attached hydrogens (tertiary/aromatic N) is 7. The molecule has 0 bridgehead atoms. The zero-order valence-electron chi connectivity index (χ0n) is 23.1. The molecule has 6 heterocycles. The molecule has 6 rings (SSSR count). The molecule has 0 aliphatic carbocycles. The molecular formula is C22H27N9O11P2S. The fourth-order valence-electron chi connectivity index (χ4n) is 5.07. The lowest BCUT2D eigenvalue weighted by Gasteiger charge is -2.21. The number of anilines is 1. The van der Waals surface area contributed by atoms with E-state index in [1.165, 1.54) is 46.0 Å². The highest BCUT2D eigenvalue weighted by Crippen LogP contribution is 2.49. The second kappa shape index (κ2) is 12.6. The minimum absolute atomic E-state index is 0.0303. The second-order valence-corrected chi connectivity index (χ2v) is 13.1. The molecule has 4 aromatic heterocycles. The second-order valence-electron chi connectivity index (χ2n) is 9.93. The summed E-state index contributed by atoms with van der Waals surface area (Å²) in [5, 5.41) is 22.0. The van der Waals surface area contributed by atoms with E-state index in [-0.39, 0.29) is 23.5 Å². The molecule has 0 saturated carbocycles. The van der Waals surface area contributed by atoms with Crippen LogP contribution in [0.4, 0.5) is 5.95 Å². The summed E-state index contributed by atoms with van der Waals surface area (Å²) < 4.78 is 49.4. The van der Waals surface area contributed by atoms with Gasteiger partial charge in [0.15, 0.2) is 23.0 Å². The van der Waals surface area contributed by atoms with Crippen LogP contribution in [0.1, 0.15) is 18.9 Å². The zero-order valence-corrected chi connectivity index (χ0v) is 25.8. The first-order valence-electron chi connectivity index (χ1n) is 13.1. The van der Waals surface area contributed by atoms with E-state index in [0.717, 1.165) is 5.82 Å². The Morgan fingerprint density at radius 1 is 1.18 bits per heavy atom. The Hall–Kier alpha value is -3.07. The van der Waals surface area contributed by atoms with E-state index in [2.05, 4.69) is 29.9 Å². The molecule has 0 aromatic carbocycles. The summed E-state index contributed by atoms with van der Waals surface area (Å²) in [7, 11) is -7.98. The number of ether oxygens (including phenoxy) is 2. The molecule has 4 aromatic rings. The summed E-state index contributed by atoms with van der Waals surface area (Å²) in [4.78, 5) is 55.1. The first-order valence-corrected chi connectivity index (χ1v) is 17.3. The lowest BCUT2D eigenvalue weighted by Crippen LogP contribution is -2.33. The van der Waals surface area contributed by atoms with Crippen LogP contribution < -0.4 is 11.3 Å². The normalized spacial score (nSPS) is 29.2. The summed E-state index contributed by atoms with van der Waals surface area (Å²) in [6, 6.07) is 0. The van der Waals surface area contributed by atoms with Gasteiger partial charge >= 0.3 is 7.82 Å². The maximum Gasteiger partial charge on any atom is 0.472 e. The van der Waals surface area contributed by atoms with Crippen molar-refractivity contribution in [1.29, 1.82) is 0 Å². The Labute approximate surface area is 256 Å². The molecule has 2 fully saturated rings. The third kappa shape index (κ3) is 6.34. The number of thioether (sulfide) groups is 1. The molecule has 3 unspecified atom stereocenters. The van der Waals surface area contributed by atoms with Crippen molar-refractivity contribution in [3.05, 3.63) is 41.2 Å². The van der Waals surface area contributed by atoms with Gasteiger partial charge in [0.25, 0.3) is 5.56 Å². The fourth-order valence-corrected chi connectivity index (χ4v) is 6.86. The fraction of sp³-hybridized carbons (Fsp3) is 0.455. The van der Waals surface area contributed by atoms with E-state index < -0.39 is 71.0 Å². The van der Waals surface area contributed by atoms with Gasteiger partial charge in [-0.1, -0.05) is 0 Å². The van der Waals surface area contributed by atoms with E-state index >= 15 is 0 Å². The van der Waals surface area contributed by atoms with Gasteiger partial charge in [-0.15, -0.1) is 11.8 Å². The number of hydrogen-bond donors (Lipinski definition) is 6. The average molecular weight is 688 g/mol. The van der Waals surface area contributed by atoms with Gasteiger partial charge in [-0.05, 0) is 18.1 Å². The van der Waals surface area contributed by atoms with Crippen LogP contribution in [0.3, 0.4) is 0 Å². The van der Waals surface area contributed by atoms with Crippen LogP contribution in [0.2, 0.25) is 0 Å². The van der Waals surface area contributed by atoms with Crippen molar-refractivity contribution < 1.29 is 47.7 Å². The predicted molar refractivity (Wildman–Crippen MR) is 155 cm³/mol. The Morgan fingerprint density at radius 3 is 2.69 bits per heavy atom. The number of aliphatic hydroxyl groups excluding tert-OH is 2. The first-order chi connectivity index (χ1) is 21.5. The number of phosphoric acid groups is 1. The van der Waals surface area contributed by atoms with E-state index in [4.69, 9.17) is 24.3 Å². The largest absolute Gasteiger partial charge is 0.472 e. The van der Waals surface area contributed by atoms with Crippen LogP contribution in [0.25, 0.3) is 22.3 Å². The standard InChI is InChI=1S/C22H27N9O11P2S/c1-45-20-14-17(24-6-25-20)31(8-27-14)21-16(33)15(32)11(41-21)5-39-44(37,38)42-10-4-12(40-9(10)2-3-43(35)36)30-7-26-13-18(30)28-22(23)29-19(13)34/h2-3,6-12,15-16,21,32-33,43H,4-5H2,1H3,(H,35,36)(H,37,38)(H3,23,28,29,34)/b3-2-/t9?,10-,11+,12+,15+,16+,21+/m0/s1. The lowest BCUT2D eigenvalue weighted by atomic mass is 10.1. The predicted octanol–water partition coefficient (Wildman–Crippen LogP) is -0.347. The Morgan fingerprint density at radius 2 is 1.93 bits per heavy atom. The van der Waals surface area contributed by atoms with Gasteiger partial charge < -0.3 is 35.2 Å². The highest BCUT2D eigenvalue weighted by Gasteiger charge is 2.46. The minimum atomic E-state index is -4.90. The van der Waals surface area contributed by atoms with Gasteiger partial charge in [-0.2, -0.15) is 4.98 Å². The van der Waals surface area contributed by atoms with Crippen molar-refractivity contribution in [1.82, 2.24) is 39.0 Å². The third-order valence-corrected chi connectivity index (χ3v) is 9.28. The van der Waals surface area contributed by atoms with Crippen LogP contribution in [-0.4, -0.2) is 102 Å². The maximum atomic E-state index is 13.0. The Balaban J connectivity index is 1.16. The molecule has 0 radical (unpaired) electrons. The van der Waals surface area contributed by atoms with Gasteiger partial charge in [0.2, 0.25) is 14.0 Å². The topological polar surface area (TPSA) is 285 Å². The number of nitrogens with two attached hydrogens (primary N) is 1. The van der Waals surface area contributed by atoms with Crippen molar-refractivity contribution in [2.75, 3.05) is 18.6 Å². The number of nitrogens with one attached hydrogen (secondary N) is 1. The van der Waals surface area contributed by atoms with Gasteiger partial charge in [0, 0.05) is 6.42 Å². The minimum Gasteiger partial charge on any atom is -0.387 e. The highest BCUT2D eigenvalue weighted by atomic mass is 32.2. The zero-order chi connectivity index (χ0) is 32.0. The number of rotatable bonds is 10. The number of phosphoric ester groups is 1. The Kier molecular flexibility index (Phi) is 8.94. The summed E-state index contributed by atoms with van der Waals surface area (Å²) in [5.41, 5.74) is 5.92. The van der Waals surface area contributed by atoms with Crippen molar-refractivity contribution in [2.45, 2.75) is 54.4 Å². The third-order valence-electron chi connectivity index (χ3n) is 7.10. The van der Waals surface area contributed by atoms with Crippen molar-refractivity contribution in [3.63, 3.8) is 0 Å². The van der Waals surface area contributed by atoms with E-state index in [1.54, 1.807) is 0 Å². The van der Waals surface area contributed by atoms with Gasteiger partial charge in [-0.25, -0.2) is 24.5 Å². The first kappa shape index (κ1) is 31.9. The van der Waals surface area contributed by atoms with Gasteiger partial charge in [-0.3, -0.25) is 32.5 Å². The lowest BCUT2D eigenvalue weighted by molar-refractivity contribution is -0.0534. The van der Waals surface area contributed by atoms with Crippen LogP contribution >= 0.6 is 27.6 Å². The number of hydrogen-bond acceptors (Lipinski definition) is 16. The summed E-state index contributed by atoms with van der Waals surface area (Å²) >= 11 is 1.35. The number of aromatic amines is 1. The van der Waals surface area contributed by atoms with Gasteiger partial charge in [0.05, 0.1) is 19.3 Å². The smallest absolute Gasteiger partial charge is 0.387 e. The van der Waals surface area contributed by atoms with Crippen molar-refractivity contribution in [2.24, 2.45) is 0 Å². The molecule has 9 atom stereocenters. The number of H-pyrrole nitrogens is 1. The highest BCUT2D eigenvalue weighted by molar-refractivity contribution is 7.98. The molecule has 45 heavy (non-hydrogen) atoms. The molecule has 2 aliphatic heterocycles. The molecule has 20 nitrogen and oxygen atoms in total. The monoisotopic (exact) mass is 687 g/mol. The molecule has 0 amide bonds. The number of nitrogen functional groups attached to an aromatic ring is 1. The van der Waals surface area contributed by atoms with Crippen molar-refractivity contribution >= 4 is 55.9 Å². The van der Waals surface area contributed by atoms with E-state index in [1.807, 2.05) is 6.26 Å². The molecule has 2 aliphatic rings. The summed E-state index contributed by atoms with van der Waals surface area (Å²) in [6.45, 7) is -0.667. The average Bonchev–Trinajstić information content (AvgIpc) is 3.76. The summed E-state index contributed by atoms with van der Waals surface area (Å²) in [6.07, 6.45) is -1.79. The van der Waals surface area contributed by atoms with E-state index in [0.29, 0.717) is 16.2 Å².